The van der Waals surface area contributed by atoms with Crippen LogP contribution < -0.4 is 0 Å². The lowest BCUT2D eigenvalue weighted by Crippen LogP contribution is -2.41. The van der Waals surface area contributed by atoms with E-state index in [9.17, 15) is 4.79 Å². The average Bonchev–Trinajstić information content (AvgIpc) is 3.02. The molecule has 19 heavy (non-hydrogen) atoms. The van der Waals surface area contributed by atoms with Crippen molar-refractivity contribution in [2.45, 2.75) is 18.3 Å². The molecule has 0 amide bonds. The van der Waals surface area contributed by atoms with Crippen LogP contribution in [0.1, 0.15) is 28.8 Å². The Morgan fingerprint density at radius 1 is 1.11 bits per heavy atom. The third kappa shape index (κ3) is 2.24. The van der Waals surface area contributed by atoms with Crippen molar-refractivity contribution in [3.8, 4) is 0 Å². The SMILES string of the molecule is O=C(c1ccsc1)C1(c2ccccc2)CCOCC1. The Labute approximate surface area is 117 Å². The maximum Gasteiger partial charge on any atom is 0.174 e. The molecule has 2 nitrogen and oxygen atoms in total. The predicted octanol–water partition coefficient (Wildman–Crippen LogP) is 3.68. The van der Waals surface area contributed by atoms with Crippen molar-refractivity contribution in [1.29, 1.82) is 0 Å². The normalized spacial score (nSPS) is 18.1. The van der Waals surface area contributed by atoms with Gasteiger partial charge in [0.05, 0.1) is 5.41 Å². The van der Waals surface area contributed by atoms with Crippen LogP contribution in [0.2, 0.25) is 0 Å². The quantitative estimate of drug-likeness (QED) is 0.797. The Bertz CT molecular complexity index is 539. The van der Waals surface area contributed by atoms with Gasteiger partial charge in [0.25, 0.3) is 0 Å². The molecule has 1 fully saturated rings. The Morgan fingerprint density at radius 3 is 2.47 bits per heavy atom. The highest BCUT2D eigenvalue weighted by atomic mass is 32.1. The molecule has 1 aromatic heterocycles. The minimum atomic E-state index is -0.402. The van der Waals surface area contributed by atoms with Crippen molar-refractivity contribution in [2.75, 3.05) is 13.2 Å². The summed E-state index contributed by atoms with van der Waals surface area (Å²) in [6.07, 6.45) is 1.54. The van der Waals surface area contributed by atoms with E-state index in [1.54, 1.807) is 11.3 Å². The smallest absolute Gasteiger partial charge is 0.174 e. The lowest BCUT2D eigenvalue weighted by Gasteiger charge is -2.36. The van der Waals surface area contributed by atoms with Gasteiger partial charge in [-0.25, -0.2) is 0 Å². The zero-order chi connectivity index (χ0) is 13.1. The van der Waals surface area contributed by atoms with Crippen LogP contribution in [-0.2, 0) is 10.2 Å². The molecule has 0 atom stereocenters. The fraction of sp³-hybridized carbons (Fsp3) is 0.312. The van der Waals surface area contributed by atoms with Crippen LogP contribution in [0.3, 0.4) is 0 Å². The summed E-state index contributed by atoms with van der Waals surface area (Å²) < 4.78 is 5.46. The summed E-state index contributed by atoms with van der Waals surface area (Å²) in [5, 5.41) is 3.91. The number of carbonyl (C=O) groups excluding carboxylic acids is 1. The van der Waals surface area contributed by atoms with E-state index >= 15 is 0 Å². The summed E-state index contributed by atoms with van der Waals surface area (Å²) >= 11 is 1.57. The van der Waals surface area contributed by atoms with Crippen LogP contribution in [0.15, 0.2) is 47.2 Å². The molecule has 1 aliphatic heterocycles. The topological polar surface area (TPSA) is 26.3 Å². The molecule has 2 aromatic rings. The molecule has 0 saturated carbocycles. The summed E-state index contributed by atoms with van der Waals surface area (Å²) in [5.74, 6) is 0.239. The second kappa shape index (κ2) is 5.27. The van der Waals surface area contributed by atoms with Gasteiger partial charge in [-0.15, -0.1) is 0 Å². The van der Waals surface area contributed by atoms with Gasteiger partial charge in [-0.05, 0) is 29.9 Å². The molecule has 3 heteroatoms. The highest BCUT2D eigenvalue weighted by Crippen LogP contribution is 2.38. The van der Waals surface area contributed by atoms with Crippen molar-refractivity contribution in [3.63, 3.8) is 0 Å². The summed E-state index contributed by atoms with van der Waals surface area (Å²) in [5.41, 5.74) is 1.55. The highest BCUT2D eigenvalue weighted by Gasteiger charge is 2.41. The van der Waals surface area contributed by atoms with Gasteiger partial charge >= 0.3 is 0 Å². The number of benzene rings is 1. The van der Waals surface area contributed by atoms with E-state index in [-0.39, 0.29) is 5.78 Å². The Hall–Kier alpha value is -1.45. The molecule has 0 aliphatic carbocycles. The van der Waals surface area contributed by atoms with Crippen molar-refractivity contribution in [3.05, 3.63) is 58.3 Å². The van der Waals surface area contributed by atoms with Gasteiger partial charge in [-0.2, -0.15) is 11.3 Å². The second-order valence-electron chi connectivity index (χ2n) is 4.90. The summed E-state index contributed by atoms with van der Waals surface area (Å²) in [4.78, 5) is 12.9. The van der Waals surface area contributed by atoms with Gasteiger partial charge in [0, 0.05) is 24.2 Å². The van der Waals surface area contributed by atoms with E-state index in [0.717, 1.165) is 24.0 Å². The number of Topliss-reactive ketones (excluding diaryl/α,β-unsaturated/α-hetero) is 1. The van der Waals surface area contributed by atoms with E-state index < -0.39 is 5.41 Å². The molecule has 0 N–H and O–H groups in total. The zero-order valence-electron chi connectivity index (χ0n) is 10.7. The molecule has 1 aromatic carbocycles. The van der Waals surface area contributed by atoms with Gasteiger partial charge in [0.15, 0.2) is 5.78 Å². The van der Waals surface area contributed by atoms with E-state index in [2.05, 4.69) is 12.1 Å². The van der Waals surface area contributed by atoms with Crippen molar-refractivity contribution < 1.29 is 9.53 Å². The number of carbonyl (C=O) groups is 1. The van der Waals surface area contributed by atoms with Gasteiger partial charge in [0.2, 0.25) is 0 Å². The van der Waals surface area contributed by atoms with Gasteiger partial charge < -0.3 is 4.74 Å². The van der Waals surface area contributed by atoms with Gasteiger partial charge in [-0.1, -0.05) is 30.3 Å². The molecule has 0 bridgehead atoms. The van der Waals surface area contributed by atoms with Crippen LogP contribution >= 0.6 is 11.3 Å². The number of ketones is 1. The first-order valence-corrected chi connectivity index (χ1v) is 7.47. The fourth-order valence-corrected chi connectivity index (χ4v) is 3.43. The molecule has 98 valence electrons. The Balaban J connectivity index is 2.04. The molecule has 1 aliphatic rings. The molecule has 2 heterocycles. The monoisotopic (exact) mass is 272 g/mol. The van der Waals surface area contributed by atoms with Crippen molar-refractivity contribution >= 4 is 17.1 Å². The lowest BCUT2D eigenvalue weighted by atomic mass is 9.69. The first kappa shape index (κ1) is 12.6. The molecule has 1 saturated heterocycles. The maximum absolute atomic E-state index is 12.9. The highest BCUT2D eigenvalue weighted by molar-refractivity contribution is 7.08. The first-order valence-electron chi connectivity index (χ1n) is 6.53. The number of hydrogen-bond donors (Lipinski definition) is 0. The summed E-state index contributed by atoms with van der Waals surface area (Å²) in [7, 11) is 0. The largest absolute Gasteiger partial charge is 0.381 e. The number of rotatable bonds is 3. The zero-order valence-corrected chi connectivity index (χ0v) is 11.5. The minimum Gasteiger partial charge on any atom is -0.381 e. The second-order valence-corrected chi connectivity index (χ2v) is 5.68. The molecular weight excluding hydrogens is 256 g/mol. The van der Waals surface area contributed by atoms with Crippen LogP contribution in [0.25, 0.3) is 0 Å². The summed E-state index contributed by atoms with van der Waals surface area (Å²) in [6.45, 7) is 1.32. The standard InChI is InChI=1S/C16H16O2S/c17-15(13-6-11-19-12-13)16(7-9-18-10-8-16)14-4-2-1-3-5-14/h1-6,11-12H,7-10H2. The third-order valence-electron chi connectivity index (χ3n) is 3.89. The fourth-order valence-electron chi connectivity index (χ4n) is 2.79. The third-order valence-corrected chi connectivity index (χ3v) is 4.57. The molecule has 0 radical (unpaired) electrons. The van der Waals surface area contributed by atoms with Crippen LogP contribution in [0, 0.1) is 0 Å². The maximum atomic E-state index is 12.9. The average molecular weight is 272 g/mol. The van der Waals surface area contributed by atoms with Crippen molar-refractivity contribution in [2.24, 2.45) is 0 Å². The van der Waals surface area contributed by atoms with Gasteiger partial charge in [-0.3, -0.25) is 4.79 Å². The number of thiophene rings is 1. The van der Waals surface area contributed by atoms with Crippen LogP contribution in [0.5, 0.6) is 0 Å². The molecule has 0 unspecified atom stereocenters. The van der Waals surface area contributed by atoms with Gasteiger partial charge in [0.1, 0.15) is 0 Å². The Morgan fingerprint density at radius 2 is 1.84 bits per heavy atom. The molecule has 3 rings (SSSR count). The summed E-state index contributed by atoms with van der Waals surface area (Å²) in [6, 6.07) is 12.1. The number of ether oxygens (including phenoxy) is 1. The minimum absolute atomic E-state index is 0.239. The van der Waals surface area contributed by atoms with Crippen LogP contribution in [0.4, 0.5) is 0 Å². The van der Waals surface area contributed by atoms with E-state index in [4.69, 9.17) is 4.74 Å². The lowest BCUT2D eigenvalue weighted by molar-refractivity contribution is 0.0424. The number of hydrogen-bond acceptors (Lipinski definition) is 3. The van der Waals surface area contributed by atoms with E-state index in [1.165, 1.54) is 0 Å². The Kier molecular flexibility index (Phi) is 3.49. The molecular formula is C16H16O2S. The first-order chi connectivity index (χ1) is 9.33. The van der Waals surface area contributed by atoms with E-state index in [0.29, 0.717) is 13.2 Å². The predicted molar refractivity (Wildman–Crippen MR) is 76.8 cm³/mol. The van der Waals surface area contributed by atoms with Crippen LogP contribution in [-0.4, -0.2) is 19.0 Å². The molecule has 0 spiro atoms. The van der Waals surface area contributed by atoms with Crippen molar-refractivity contribution in [1.82, 2.24) is 0 Å². The van der Waals surface area contributed by atoms with E-state index in [1.807, 2.05) is 35.0 Å².